The summed E-state index contributed by atoms with van der Waals surface area (Å²) in [6.45, 7) is 5.70. The lowest BCUT2D eigenvalue weighted by atomic mass is 9.99. The number of hydrazone groups is 1. The number of nitrogens with one attached hydrogen (secondary N) is 1. The lowest BCUT2D eigenvalue weighted by molar-refractivity contribution is -0.114. The number of phenolic OH excluding ortho intramolecular Hbond substituents is 1. The van der Waals surface area contributed by atoms with Crippen LogP contribution in [0.25, 0.3) is 11.1 Å². The number of hydrogen-bond donors (Lipinski definition) is 3. The van der Waals surface area contributed by atoms with Crippen LogP contribution in [-0.2, 0) is 4.79 Å². The molecule has 0 aliphatic carbocycles. The molecule has 3 aromatic rings. The molecule has 3 N–H and O–H groups in total. The van der Waals surface area contributed by atoms with Gasteiger partial charge in [-0.15, -0.1) is 0 Å². The lowest BCUT2D eigenvalue weighted by Crippen LogP contribution is -2.22. The van der Waals surface area contributed by atoms with Crippen LogP contribution in [0.4, 0.5) is 11.4 Å². The molecule has 4 rings (SSSR count). The number of anilines is 2. The van der Waals surface area contributed by atoms with E-state index in [1.807, 2.05) is 38.1 Å². The Morgan fingerprint density at radius 3 is 2.39 bits per heavy atom. The van der Waals surface area contributed by atoms with Gasteiger partial charge in [0.15, 0.2) is 0 Å². The van der Waals surface area contributed by atoms with Gasteiger partial charge in [0.1, 0.15) is 5.75 Å². The predicted octanol–water partition coefficient (Wildman–Crippen LogP) is 5.09. The molecule has 166 valence electrons. The number of carboxylic acid groups (broad SMARTS) is 1. The van der Waals surface area contributed by atoms with Crippen LogP contribution in [0.5, 0.6) is 5.75 Å². The first-order valence-electron chi connectivity index (χ1n) is 10.4. The van der Waals surface area contributed by atoms with E-state index in [1.54, 1.807) is 25.1 Å². The van der Waals surface area contributed by atoms with Crippen molar-refractivity contribution in [3.63, 3.8) is 0 Å². The molecule has 0 spiro atoms. The van der Waals surface area contributed by atoms with Gasteiger partial charge in [0.05, 0.1) is 28.2 Å². The number of carbonyl (C=O) groups excluding carboxylic acids is 1. The monoisotopic (exact) mass is 441 g/mol. The minimum atomic E-state index is -1.08. The highest BCUT2D eigenvalue weighted by molar-refractivity contribution is 6.29. The van der Waals surface area contributed by atoms with Gasteiger partial charge < -0.3 is 15.5 Å². The first kappa shape index (κ1) is 21.8. The van der Waals surface area contributed by atoms with Gasteiger partial charge in [-0.25, -0.2) is 4.79 Å². The largest absolute Gasteiger partial charge is 0.505 e. The third kappa shape index (κ3) is 4.34. The maximum Gasteiger partial charge on any atom is 0.335 e. The van der Waals surface area contributed by atoms with Crippen LogP contribution in [0, 0.1) is 13.8 Å². The molecule has 7 heteroatoms. The molecule has 0 saturated carbocycles. The van der Waals surface area contributed by atoms with Crippen LogP contribution in [0.3, 0.4) is 0 Å². The molecule has 0 radical (unpaired) electrons. The molecule has 33 heavy (non-hydrogen) atoms. The number of aromatic hydroxyl groups is 1. The number of carbonyl (C=O) groups is 2. The standard InChI is InChI=1S/C26H23N3O4/c1-15-10-16(2)12-19(11-15)21-8-5-9-23(24(21)30)27-14-22-17(3)28-29(25(22)31)20-7-4-6-18(13-20)26(32)33/h4-14,27,30H,1-3H3,(H,32,33)/b22-14-. The zero-order valence-electron chi connectivity index (χ0n) is 18.5. The van der Waals surface area contributed by atoms with Crippen molar-refractivity contribution in [1.29, 1.82) is 0 Å². The third-order valence-electron chi connectivity index (χ3n) is 5.34. The van der Waals surface area contributed by atoms with Gasteiger partial charge in [-0.05, 0) is 50.6 Å². The van der Waals surface area contributed by atoms with Crippen molar-refractivity contribution >= 4 is 29.0 Å². The van der Waals surface area contributed by atoms with Gasteiger partial charge >= 0.3 is 5.97 Å². The van der Waals surface area contributed by atoms with Crippen molar-refractivity contribution in [1.82, 2.24) is 0 Å². The van der Waals surface area contributed by atoms with Crippen molar-refractivity contribution in [2.45, 2.75) is 20.8 Å². The van der Waals surface area contributed by atoms with Gasteiger partial charge in [0, 0.05) is 11.8 Å². The highest BCUT2D eigenvalue weighted by atomic mass is 16.4. The minimum Gasteiger partial charge on any atom is -0.505 e. The average molecular weight is 441 g/mol. The first-order chi connectivity index (χ1) is 15.7. The molecule has 3 aromatic carbocycles. The summed E-state index contributed by atoms with van der Waals surface area (Å²) in [5, 5.41) is 28.5. The Kier molecular flexibility index (Phi) is 5.70. The van der Waals surface area contributed by atoms with E-state index < -0.39 is 11.9 Å². The number of rotatable bonds is 5. The molecule has 0 aromatic heterocycles. The second kappa shape index (κ2) is 8.63. The smallest absolute Gasteiger partial charge is 0.335 e. The van der Waals surface area contributed by atoms with E-state index >= 15 is 0 Å². The summed E-state index contributed by atoms with van der Waals surface area (Å²) in [6.07, 6.45) is 1.50. The van der Waals surface area contributed by atoms with E-state index in [2.05, 4.69) is 16.5 Å². The fraction of sp³-hybridized carbons (Fsp3) is 0.115. The van der Waals surface area contributed by atoms with Crippen molar-refractivity contribution in [2.75, 3.05) is 10.3 Å². The van der Waals surface area contributed by atoms with Crippen LogP contribution in [0.2, 0.25) is 0 Å². The molecular weight excluding hydrogens is 418 g/mol. The van der Waals surface area contributed by atoms with E-state index in [0.717, 1.165) is 16.7 Å². The van der Waals surface area contributed by atoms with Crippen molar-refractivity contribution in [3.8, 4) is 16.9 Å². The SMILES string of the molecule is CC1=NN(c2cccc(C(=O)O)c2)C(=O)/C1=C\Nc1cccc(-c2cc(C)cc(C)c2)c1O. The zero-order valence-corrected chi connectivity index (χ0v) is 18.5. The second-order valence-electron chi connectivity index (χ2n) is 7.94. The molecule has 1 amide bonds. The first-order valence-corrected chi connectivity index (χ1v) is 10.4. The predicted molar refractivity (Wildman–Crippen MR) is 129 cm³/mol. The Labute approximate surface area is 191 Å². The normalized spacial score (nSPS) is 14.5. The summed E-state index contributed by atoms with van der Waals surface area (Å²) in [6, 6.07) is 17.5. The summed E-state index contributed by atoms with van der Waals surface area (Å²) < 4.78 is 0. The molecule has 0 fully saturated rings. The van der Waals surface area contributed by atoms with Crippen LogP contribution in [0.15, 0.2) is 77.5 Å². The second-order valence-corrected chi connectivity index (χ2v) is 7.94. The molecule has 1 aliphatic heterocycles. The Morgan fingerprint density at radius 2 is 1.70 bits per heavy atom. The fourth-order valence-electron chi connectivity index (χ4n) is 3.80. The van der Waals surface area contributed by atoms with Crippen molar-refractivity contribution in [2.24, 2.45) is 5.10 Å². The van der Waals surface area contributed by atoms with Gasteiger partial charge in [0.2, 0.25) is 0 Å². The van der Waals surface area contributed by atoms with Crippen LogP contribution in [-0.4, -0.2) is 27.8 Å². The number of benzene rings is 3. The van der Waals surface area contributed by atoms with Gasteiger partial charge in [0.25, 0.3) is 5.91 Å². The maximum atomic E-state index is 13.0. The number of aromatic carboxylic acids is 1. The molecule has 7 nitrogen and oxygen atoms in total. The van der Waals surface area contributed by atoms with Gasteiger partial charge in [-0.1, -0.05) is 47.5 Å². The third-order valence-corrected chi connectivity index (χ3v) is 5.34. The van der Waals surface area contributed by atoms with Gasteiger partial charge in [-0.3, -0.25) is 4.79 Å². The average Bonchev–Trinajstić information content (AvgIpc) is 3.06. The van der Waals surface area contributed by atoms with E-state index in [1.165, 1.54) is 23.3 Å². The molecule has 0 atom stereocenters. The van der Waals surface area contributed by atoms with Crippen LogP contribution >= 0.6 is 0 Å². The summed E-state index contributed by atoms with van der Waals surface area (Å²) in [7, 11) is 0. The topological polar surface area (TPSA) is 102 Å². The molecule has 0 unspecified atom stereocenters. The van der Waals surface area contributed by atoms with Crippen LogP contribution in [0.1, 0.15) is 28.4 Å². The summed E-state index contributed by atoms with van der Waals surface area (Å²) in [4.78, 5) is 24.2. The number of phenols is 1. The quantitative estimate of drug-likeness (QED) is 0.378. The number of hydrogen-bond acceptors (Lipinski definition) is 5. The molecular formula is C26H23N3O4. The van der Waals surface area contributed by atoms with E-state index in [-0.39, 0.29) is 11.3 Å². The van der Waals surface area contributed by atoms with E-state index in [4.69, 9.17) is 0 Å². The Balaban J connectivity index is 1.61. The number of amides is 1. The summed E-state index contributed by atoms with van der Waals surface area (Å²) in [5.41, 5.74) is 5.44. The zero-order chi connectivity index (χ0) is 23.7. The highest BCUT2D eigenvalue weighted by Gasteiger charge is 2.29. The minimum absolute atomic E-state index is 0.0665. The Morgan fingerprint density at radius 1 is 1.00 bits per heavy atom. The van der Waals surface area contributed by atoms with E-state index in [9.17, 15) is 19.8 Å². The van der Waals surface area contributed by atoms with Gasteiger partial charge in [-0.2, -0.15) is 10.1 Å². The maximum absolute atomic E-state index is 13.0. The number of aryl methyl sites for hydroxylation is 2. The molecule has 0 bridgehead atoms. The molecule has 1 heterocycles. The molecule has 0 saturated heterocycles. The Bertz CT molecular complexity index is 1320. The number of nitrogens with zero attached hydrogens (tertiary/aromatic N) is 2. The number of para-hydroxylation sites is 1. The van der Waals surface area contributed by atoms with Crippen molar-refractivity contribution < 1.29 is 19.8 Å². The number of carboxylic acids is 1. The summed E-state index contributed by atoms with van der Waals surface area (Å²) in [5.74, 6) is -1.40. The summed E-state index contributed by atoms with van der Waals surface area (Å²) >= 11 is 0. The lowest BCUT2D eigenvalue weighted by Gasteiger charge is -2.13. The fourth-order valence-corrected chi connectivity index (χ4v) is 3.80. The van der Waals surface area contributed by atoms with E-state index in [0.29, 0.717) is 28.2 Å². The highest BCUT2D eigenvalue weighted by Crippen LogP contribution is 2.36. The molecule has 1 aliphatic rings. The Hall–Kier alpha value is -4.39. The van der Waals surface area contributed by atoms with Crippen molar-refractivity contribution in [3.05, 3.63) is 89.1 Å². The van der Waals surface area contributed by atoms with Crippen LogP contribution < -0.4 is 10.3 Å².